The highest BCUT2D eigenvalue weighted by Crippen LogP contribution is 2.27. The lowest BCUT2D eigenvalue weighted by molar-refractivity contribution is -0.384. The fourth-order valence-electron chi connectivity index (χ4n) is 2.41. The number of hydrogen-bond donors (Lipinski definition) is 1. The standard InChI is InChI=1S/C16H13N3O2S/c1-11-5-2-3-8-14(11)18-15(10-17-16(18)22)12-6-4-7-13(9-12)19(20)21/h2-10H,1H3,(H,17,22). The molecule has 5 nitrogen and oxygen atoms in total. The topological polar surface area (TPSA) is 63.9 Å². The number of imidazole rings is 1. The minimum atomic E-state index is -0.400. The van der Waals surface area contributed by atoms with Crippen LogP contribution in [0.3, 0.4) is 0 Å². The molecular formula is C16H13N3O2S. The molecule has 6 heteroatoms. The quantitative estimate of drug-likeness (QED) is 0.442. The summed E-state index contributed by atoms with van der Waals surface area (Å²) in [5.41, 5.74) is 3.62. The van der Waals surface area contributed by atoms with Gasteiger partial charge in [-0.2, -0.15) is 0 Å². The molecule has 0 aliphatic heterocycles. The van der Waals surface area contributed by atoms with E-state index in [1.807, 2.05) is 41.8 Å². The Morgan fingerprint density at radius 1 is 1.18 bits per heavy atom. The summed E-state index contributed by atoms with van der Waals surface area (Å²) in [5, 5.41) is 11.0. The van der Waals surface area contributed by atoms with E-state index in [9.17, 15) is 10.1 Å². The second-order valence-corrected chi connectivity index (χ2v) is 5.30. The van der Waals surface area contributed by atoms with Gasteiger partial charge in [-0.1, -0.05) is 30.3 Å². The van der Waals surface area contributed by atoms with Gasteiger partial charge in [0, 0.05) is 23.9 Å². The van der Waals surface area contributed by atoms with Crippen LogP contribution in [-0.4, -0.2) is 14.5 Å². The molecule has 0 radical (unpaired) electrons. The Labute approximate surface area is 132 Å². The third-order valence-electron chi connectivity index (χ3n) is 3.49. The summed E-state index contributed by atoms with van der Waals surface area (Å²) in [4.78, 5) is 13.6. The summed E-state index contributed by atoms with van der Waals surface area (Å²) < 4.78 is 2.44. The fourth-order valence-corrected chi connectivity index (χ4v) is 2.67. The van der Waals surface area contributed by atoms with Crippen LogP contribution in [0.25, 0.3) is 16.9 Å². The highest BCUT2D eigenvalue weighted by atomic mass is 32.1. The lowest BCUT2D eigenvalue weighted by Crippen LogP contribution is -1.99. The number of aryl methyl sites for hydroxylation is 1. The van der Waals surface area contributed by atoms with Crippen molar-refractivity contribution in [3.63, 3.8) is 0 Å². The van der Waals surface area contributed by atoms with E-state index in [4.69, 9.17) is 12.2 Å². The molecule has 0 aliphatic carbocycles. The summed E-state index contributed by atoms with van der Waals surface area (Å²) in [6.07, 6.45) is 1.77. The summed E-state index contributed by atoms with van der Waals surface area (Å²) in [6, 6.07) is 14.4. The van der Waals surface area contributed by atoms with Crippen molar-refractivity contribution >= 4 is 17.9 Å². The van der Waals surface area contributed by atoms with Gasteiger partial charge in [0.05, 0.1) is 16.3 Å². The molecule has 0 saturated carbocycles. The first kappa shape index (κ1) is 14.2. The molecule has 3 aromatic rings. The van der Waals surface area contributed by atoms with Gasteiger partial charge < -0.3 is 4.98 Å². The summed E-state index contributed by atoms with van der Waals surface area (Å²) in [5.74, 6) is 0. The molecule has 3 rings (SSSR count). The number of hydrogen-bond acceptors (Lipinski definition) is 3. The predicted molar refractivity (Wildman–Crippen MR) is 87.8 cm³/mol. The van der Waals surface area contributed by atoms with Crippen LogP contribution in [0.15, 0.2) is 54.7 Å². The Bertz CT molecular complexity index is 912. The number of nitrogens with one attached hydrogen (secondary N) is 1. The van der Waals surface area contributed by atoms with E-state index >= 15 is 0 Å². The molecule has 2 aromatic carbocycles. The average molecular weight is 311 g/mol. The highest BCUT2D eigenvalue weighted by molar-refractivity contribution is 7.71. The molecular weight excluding hydrogens is 298 g/mol. The molecule has 1 N–H and O–H groups in total. The van der Waals surface area contributed by atoms with Crippen LogP contribution >= 0.6 is 12.2 Å². The number of benzene rings is 2. The van der Waals surface area contributed by atoms with Crippen LogP contribution < -0.4 is 0 Å². The van der Waals surface area contributed by atoms with Crippen LogP contribution in [-0.2, 0) is 0 Å². The minimum Gasteiger partial charge on any atom is -0.336 e. The second kappa shape index (κ2) is 5.57. The Morgan fingerprint density at radius 2 is 1.95 bits per heavy atom. The first-order valence-corrected chi connectivity index (χ1v) is 7.10. The van der Waals surface area contributed by atoms with Crippen LogP contribution in [0.5, 0.6) is 0 Å². The summed E-state index contributed by atoms with van der Waals surface area (Å²) in [7, 11) is 0. The smallest absolute Gasteiger partial charge is 0.270 e. The number of para-hydroxylation sites is 1. The Kier molecular flexibility index (Phi) is 3.60. The van der Waals surface area contributed by atoms with E-state index in [2.05, 4.69) is 4.98 Å². The van der Waals surface area contributed by atoms with Gasteiger partial charge in [0.15, 0.2) is 4.77 Å². The van der Waals surface area contributed by atoms with Gasteiger partial charge in [-0.25, -0.2) is 0 Å². The minimum absolute atomic E-state index is 0.0564. The molecule has 0 bridgehead atoms. The maximum atomic E-state index is 11.0. The molecule has 0 unspecified atom stereocenters. The SMILES string of the molecule is Cc1ccccc1-n1c(-c2cccc([N+](=O)[O-])c2)c[nH]c1=S. The van der Waals surface area contributed by atoms with E-state index in [1.165, 1.54) is 6.07 Å². The van der Waals surface area contributed by atoms with E-state index < -0.39 is 4.92 Å². The average Bonchev–Trinajstić information content (AvgIpc) is 2.89. The van der Waals surface area contributed by atoms with Crippen molar-refractivity contribution in [3.8, 4) is 16.9 Å². The third kappa shape index (κ3) is 2.44. The van der Waals surface area contributed by atoms with Crippen molar-refractivity contribution in [1.82, 2.24) is 9.55 Å². The molecule has 0 spiro atoms. The lowest BCUT2D eigenvalue weighted by atomic mass is 10.1. The molecule has 0 aliphatic rings. The predicted octanol–water partition coefficient (Wildman–Crippen LogP) is 4.42. The zero-order chi connectivity index (χ0) is 15.7. The van der Waals surface area contributed by atoms with E-state index in [0.29, 0.717) is 4.77 Å². The highest BCUT2D eigenvalue weighted by Gasteiger charge is 2.13. The van der Waals surface area contributed by atoms with Crippen molar-refractivity contribution in [1.29, 1.82) is 0 Å². The van der Waals surface area contributed by atoms with Crippen LogP contribution in [0.1, 0.15) is 5.56 Å². The number of nitrogens with zero attached hydrogens (tertiary/aromatic N) is 2. The van der Waals surface area contributed by atoms with Gasteiger partial charge in [-0.3, -0.25) is 14.7 Å². The van der Waals surface area contributed by atoms with E-state index in [-0.39, 0.29) is 5.69 Å². The van der Waals surface area contributed by atoms with E-state index in [1.54, 1.807) is 18.3 Å². The van der Waals surface area contributed by atoms with Crippen LogP contribution in [0.2, 0.25) is 0 Å². The number of nitro benzene ring substituents is 1. The van der Waals surface area contributed by atoms with Crippen LogP contribution in [0, 0.1) is 21.8 Å². The van der Waals surface area contributed by atoms with Gasteiger partial charge in [0.25, 0.3) is 5.69 Å². The maximum absolute atomic E-state index is 11.0. The monoisotopic (exact) mass is 311 g/mol. The number of aromatic amines is 1. The molecule has 1 aromatic heterocycles. The van der Waals surface area contributed by atoms with Crippen molar-refractivity contribution in [3.05, 3.63) is 75.2 Å². The molecule has 0 fully saturated rings. The number of rotatable bonds is 3. The van der Waals surface area contributed by atoms with Crippen molar-refractivity contribution in [2.24, 2.45) is 0 Å². The Morgan fingerprint density at radius 3 is 2.68 bits per heavy atom. The normalized spacial score (nSPS) is 10.6. The van der Waals surface area contributed by atoms with Gasteiger partial charge in [-0.05, 0) is 30.8 Å². The van der Waals surface area contributed by atoms with Gasteiger partial charge in [-0.15, -0.1) is 0 Å². The van der Waals surface area contributed by atoms with Gasteiger partial charge >= 0.3 is 0 Å². The first-order chi connectivity index (χ1) is 10.6. The summed E-state index contributed by atoms with van der Waals surface area (Å²) >= 11 is 5.37. The lowest BCUT2D eigenvalue weighted by Gasteiger charge is -2.11. The van der Waals surface area contributed by atoms with Crippen molar-refractivity contribution < 1.29 is 4.92 Å². The number of non-ortho nitro benzene ring substituents is 1. The molecule has 1 heterocycles. The third-order valence-corrected chi connectivity index (χ3v) is 3.79. The Balaban J connectivity index is 2.23. The van der Waals surface area contributed by atoms with Crippen molar-refractivity contribution in [2.45, 2.75) is 6.92 Å². The zero-order valence-electron chi connectivity index (χ0n) is 11.8. The largest absolute Gasteiger partial charge is 0.336 e. The maximum Gasteiger partial charge on any atom is 0.270 e. The number of nitro groups is 1. The zero-order valence-corrected chi connectivity index (χ0v) is 12.6. The molecule has 0 saturated heterocycles. The summed E-state index contributed by atoms with van der Waals surface area (Å²) in [6.45, 7) is 2.00. The molecule has 22 heavy (non-hydrogen) atoms. The van der Waals surface area contributed by atoms with Gasteiger partial charge in [0.1, 0.15) is 0 Å². The van der Waals surface area contributed by atoms with Crippen molar-refractivity contribution in [2.75, 3.05) is 0 Å². The molecule has 110 valence electrons. The molecule has 0 atom stereocenters. The number of aromatic nitrogens is 2. The van der Waals surface area contributed by atoms with E-state index in [0.717, 1.165) is 22.5 Å². The van der Waals surface area contributed by atoms with Gasteiger partial charge in [0.2, 0.25) is 0 Å². The fraction of sp³-hybridized carbons (Fsp3) is 0.0625. The molecule has 0 amide bonds. The second-order valence-electron chi connectivity index (χ2n) is 4.91. The Hall–Kier alpha value is -2.73. The van der Waals surface area contributed by atoms with Crippen LogP contribution in [0.4, 0.5) is 5.69 Å². The first-order valence-electron chi connectivity index (χ1n) is 6.69. The number of H-pyrrole nitrogens is 1.